The minimum Gasteiger partial charge on any atom is -0.253 e. The molecule has 72 valence electrons. The molecule has 0 aliphatic rings. The van der Waals surface area contributed by atoms with Gasteiger partial charge in [-0.1, -0.05) is 23.2 Å². The molecule has 0 saturated carbocycles. The molecule has 14 heavy (non-hydrogen) atoms. The van der Waals surface area contributed by atoms with Crippen molar-refractivity contribution in [2.45, 2.75) is 0 Å². The number of rotatable bonds is 0. The smallest absolute Gasteiger partial charge is 0.0870 e. The lowest BCUT2D eigenvalue weighted by Crippen LogP contribution is -1.85. The number of aromatic nitrogens is 1. The zero-order valence-corrected chi connectivity index (χ0v) is 11.9. The lowest BCUT2D eigenvalue weighted by Gasteiger charge is -2.05. The Bertz CT molecular complexity index is 516. The summed E-state index contributed by atoms with van der Waals surface area (Å²) in [5.74, 6) is 0. The van der Waals surface area contributed by atoms with Crippen molar-refractivity contribution in [2.75, 3.05) is 0 Å². The maximum Gasteiger partial charge on any atom is 0.0870 e. The lowest BCUT2D eigenvalue weighted by atomic mass is 10.2. The number of hydrogen-bond acceptors (Lipinski definition) is 1. The molecule has 1 aromatic carbocycles. The summed E-state index contributed by atoms with van der Waals surface area (Å²) in [5.41, 5.74) is 0.839. The molecular weight excluding hydrogens is 400 g/mol. The third-order valence-corrected chi connectivity index (χ3v) is 4.13. The van der Waals surface area contributed by atoms with Gasteiger partial charge in [-0.25, -0.2) is 0 Å². The monoisotopic (exact) mass is 401 g/mol. The maximum absolute atomic E-state index is 6.11. The molecule has 1 nitrogen and oxygen atoms in total. The van der Waals surface area contributed by atoms with Crippen molar-refractivity contribution in [3.05, 3.63) is 36.4 Å². The van der Waals surface area contributed by atoms with Gasteiger partial charge in [0.1, 0.15) is 0 Å². The van der Waals surface area contributed by atoms with Crippen LogP contribution in [0.25, 0.3) is 10.9 Å². The highest BCUT2D eigenvalue weighted by Crippen LogP contribution is 2.35. The number of halogens is 4. The summed E-state index contributed by atoms with van der Waals surface area (Å²) in [6.45, 7) is 0. The SMILES string of the molecule is Clc1cnc2c(Br)ccc(I)c2c1Cl. The van der Waals surface area contributed by atoms with Gasteiger partial charge in [-0.15, -0.1) is 0 Å². The lowest BCUT2D eigenvalue weighted by molar-refractivity contribution is 1.40. The van der Waals surface area contributed by atoms with Crippen LogP contribution in [0.4, 0.5) is 0 Å². The fourth-order valence-electron chi connectivity index (χ4n) is 1.17. The Kier molecular flexibility index (Phi) is 3.21. The fourth-order valence-corrected chi connectivity index (χ4v) is 2.85. The fraction of sp³-hybridized carbons (Fsp3) is 0. The van der Waals surface area contributed by atoms with Crippen LogP contribution in [0.5, 0.6) is 0 Å². The summed E-state index contributed by atoms with van der Waals surface area (Å²) in [6.07, 6.45) is 1.56. The second-order valence-electron chi connectivity index (χ2n) is 2.67. The molecule has 0 N–H and O–H groups in total. The Hall–Kier alpha value is 0.420. The zero-order valence-electron chi connectivity index (χ0n) is 6.69. The molecule has 0 radical (unpaired) electrons. The Morgan fingerprint density at radius 3 is 2.71 bits per heavy atom. The van der Waals surface area contributed by atoms with Crippen molar-refractivity contribution >= 4 is 72.6 Å². The first-order valence-corrected chi connectivity index (χ1v) is 6.31. The number of hydrogen-bond donors (Lipinski definition) is 0. The van der Waals surface area contributed by atoms with Gasteiger partial charge in [-0.2, -0.15) is 0 Å². The summed E-state index contributed by atoms with van der Waals surface area (Å²) < 4.78 is 1.97. The van der Waals surface area contributed by atoms with Crippen LogP contribution in [-0.2, 0) is 0 Å². The molecule has 0 aliphatic carbocycles. The Labute approximate surface area is 113 Å². The molecule has 1 heterocycles. The predicted molar refractivity (Wildman–Crippen MR) is 72.2 cm³/mol. The van der Waals surface area contributed by atoms with E-state index in [0.717, 1.165) is 18.9 Å². The van der Waals surface area contributed by atoms with Gasteiger partial charge in [0.05, 0.1) is 15.6 Å². The van der Waals surface area contributed by atoms with Gasteiger partial charge >= 0.3 is 0 Å². The maximum atomic E-state index is 6.11. The van der Waals surface area contributed by atoms with Crippen molar-refractivity contribution in [3.8, 4) is 0 Å². The van der Waals surface area contributed by atoms with Crippen molar-refractivity contribution in [2.24, 2.45) is 0 Å². The topological polar surface area (TPSA) is 12.9 Å². The highest BCUT2D eigenvalue weighted by Gasteiger charge is 2.10. The average Bonchev–Trinajstić information content (AvgIpc) is 2.16. The standard InChI is InChI=1S/C9H3BrCl2IN/c10-4-1-2-6(13)7-8(12)5(11)3-14-9(4)7/h1-3H. The molecule has 1 aromatic heterocycles. The van der Waals surface area contributed by atoms with Gasteiger partial charge in [-0.05, 0) is 50.7 Å². The summed E-state index contributed by atoms with van der Waals surface area (Å²) in [5, 5.41) is 1.94. The molecule has 0 bridgehead atoms. The first kappa shape index (κ1) is 10.9. The van der Waals surface area contributed by atoms with Crippen molar-refractivity contribution < 1.29 is 0 Å². The molecule has 2 aromatic rings. The van der Waals surface area contributed by atoms with E-state index < -0.39 is 0 Å². The van der Waals surface area contributed by atoms with Crippen molar-refractivity contribution in [1.29, 1.82) is 0 Å². The zero-order chi connectivity index (χ0) is 10.3. The molecular formula is C9H3BrCl2IN. The third-order valence-electron chi connectivity index (χ3n) is 1.81. The normalized spacial score (nSPS) is 10.9. The van der Waals surface area contributed by atoms with E-state index in [4.69, 9.17) is 23.2 Å². The van der Waals surface area contributed by atoms with Crippen LogP contribution in [0, 0.1) is 3.57 Å². The van der Waals surface area contributed by atoms with E-state index >= 15 is 0 Å². The summed E-state index contributed by atoms with van der Waals surface area (Å²) in [4.78, 5) is 4.23. The first-order chi connectivity index (χ1) is 6.61. The van der Waals surface area contributed by atoms with Crippen LogP contribution in [-0.4, -0.2) is 4.98 Å². The summed E-state index contributed by atoms with van der Waals surface area (Å²) in [7, 11) is 0. The highest BCUT2D eigenvalue weighted by molar-refractivity contribution is 14.1. The van der Waals surface area contributed by atoms with Crippen LogP contribution in [0.15, 0.2) is 22.8 Å². The molecule has 0 unspecified atom stereocenters. The van der Waals surface area contributed by atoms with Crippen LogP contribution in [0.1, 0.15) is 0 Å². The van der Waals surface area contributed by atoms with Gasteiger partial charge in [0, 0.05) is 19.6 Å². The molecule has 0 aliphatic heterocycles. The van der Waals surface area contributed by atoms with E-state index in [1.54, 1.807) is 6.20 Å². The molecule has 5 heteroatoms. The predicted octanol–water partition coefficient (Wildman–Crippen LogP) is 4.91. The van der Waals surface area contributed by atoms with E-state index in [2.05, 4.69) is 43.5 Å². The third kappa shape index (κ3) is 1.75. The highest BCUT2D eigenvalue weighted by atomic mass is 127. The van der Waals surface area contributed by atoms with Crippen LogP contribution >= 0.6 is 61.7 Å². The Balaban J connectivity index is 3.01. The number of fused-ring (bicyclic) bond motifs is 1. The first-order valence-electron chi connectivity index (χ1n) is 3.69. The van der Waals surface area contributed by atoms with Crippen molar-refractivity contribution in [1.82, 2.24) is 4.98 Å². The molecule has 0 spiro atoms. The molecule has 0 atom stereocenters. The number of benzene rings is 1. The number of pyridine rings is 1. The van der Waals surface area contributed by atoms with E-state index in [-0.39, 0.29) is 0 Å². The van der Waals surface area contributed by atoms with Gasteiger partial charge in [-0.3, -0.25) is 4.98 Å². The van der Waals surface area contributed by atoms with E-state index in [1.165, 1.54) is 0 Å². The van der Waals surface area contributed by atoms with Crippen LogP contribution in [0.3, 0.4) is 0 Å². The van der Waals surface area contributed by atoms with Gasteiger partial charge in [0.2, 0.25) is 0 Å². The van der Waals surface area contributed by atoms with E-state index in [1.807, 2.05) is 12.1 Å². The second-order valence-corrected chi connectivity index (χ2v) is 5.47. The Morgan fingerprint density at radius 1 is 1.29 bits per heavy atom. The van der Waals surface area contributed by atoms with Crippen molar-refractivity contribution in [3.63, 3.8) is 0 Å². The van der Waals surface area contributed by atoms with Gasteiger partial charge in [0.15, 0.2) is 0 Å². The molecule has 0 amide bonds. The van der Waals surface area contributed by atoms with Crippen LogP contribution < -0.4 is 0 Å². The largest absolute Gasteiger partial charge is 0.253 e. The van der Waals surface area contributed by atoms with E-state index in [0.29, 0.717) is 10.0 Å². The minimum absolute atomic E-state index is 0.482. The van der Waals surface area contributed by atoms with Gasteiger partial charge < -0.3 is 0 Å². The summed E-state index contributed by atoms with van der Waals surface area (Å²) >= 11 is 17.6. The van der Waals surface area contributed by atoms with Crippen LogP contribution in [0.2, 0.25) is 10.0 Å². The van der Waals surface area contributed by atoms with E-state index in [9.17, 15) is 0 Å². The minimum atomic E-state index is 0.482. The molecule has 0 fully saturated rings. The quantitative estimate of drug-likeness (QED) is 0.571. The Morgan fingerprint density at radius 2 is 2.00 bits per heavy atom. The summed E-state index contributed by atoms with van der Waals surface area (Å²) in [6, 6.07) is 3.91. The average molecular weight is 403 g/mol. The second kappa shape index (κ2) is 4.12. The number of nitrogens with zero attached hydrogens (tertiary/aromatic N) is 1. The molecule has 2 rings (SSSR count). The molecule has 0 saturated heterocycles. The van der Waals surface area contributed by atoms with Gasteiger partial charge in [0.25, 0.3) is 0 Å².